The predicted octanol–water partition coefficient (Wildman–Crippen LogP) is 3.11. The molecule has 1 aromatic rings. The van der Waals surface area contributed by atoms with Crippen LogP contribution >= 0.6 is 11.5 Å². The average Bonchev–Trinajstić information content (AvgIpc) is 2.68. The van der Waals surface area contributed by atoms with Gasteiger partial charge in [-0.15, -0.1) is 11.7 Å². The molecule has 0 bridgehead atoms. The molecule has 0 aliphatic rings. The number of hydrogen-bond donors (Lipinski definition) is 1. The molecule has 0 saturated heterocycles. The Labute approximate surface area is 102 Å². The van der Waals surface area contributed by atoms with Crippen LogP contribution in [0, 0.1) is 0 Å². The zero-order valence-electron chi connectivity index (χ0n) is 10.4. The van der Waals surface area contributed by atoms with E-state index in [-0.39, 0.29) is 0 Å². The number of rotatable bonds is 7. The molecule has 90 valence electrons. The minimum Gasteiger partial charge on any atom is -0.312 e. The van der Waals surface area contributed by atoms with Gasteiger partial charge in [-0.2, -0.15) is 0 Å². The number of aryl methyl sites for hydroxylation is 1. The lowest BCUT2D eigenvalue weighted by Crippen LogP contribution is -2.16. The first-order valence-electron chi connectivity index (χ1n) is 5.81. The van der Waals surface area contributed by atoms with Gasteiger partial charge in [-0.05, 0) is 44.8 Å². The van der Waals surface area contributed by atoms with E-state index in [0.29, 0.717) is 6.04 Å². The van der Waals surface area contributed by atoms with Gasteiger partial charge in [-0.1, -0.05) is 23.4 Å². The first-order chi connectivity index (χ1) is 7.69. The van der Waals surface area contributed by atoms with Gasteiger partial charge >= 0.3 is 0 Å². The molecule has 1 atom stereocenters. The topological polar surface area (TPSA) is 37.8 Å². The molecule has 4 heteroatoms. The Morgan fingerprint density at radius 3 is 2.88 bits per heavy atom. The number of aromatic nitrogens is 2. The van der Waals surface area contributed by atoms with Crippen molar-refractivity contribution in [3.63, 3.8) is 0 Å². The van der Waals surface area contributed by atoms with Crippen molar-refractivity contribution in [1.82, 2.24) is 14.9 Å². The van der Waals surface area contributed by atoms with Crippen molar-refractivity contribution < 1.29 is 0 Å². The summed E-state index contributed by atoms with van der Waals surface area (Å²) < 4.78 is 4.07. The zero-order chi connectivity index (χ0) is 12.0. The Morgan fingerprint density at radius 2 is 2.31 bits per heavy atom. The zero-order valence-corrected chi connectivity index (χ0v) is 11.2. The van der Waals surface area contributed by atoms with Crippen LogP contribution in [0.3, 0.4) is 0 Å². The number of nitrogens with one attached hydrogen (secondary N) is 1. The van der Waals surface area contributed by atoms with Crippen LogP contribution in [0.2, 0.25) is 0 Å². The van der Waals surface area contributed by atoms with E-state index >= 15 is 0 Å². The average molecular weight is 239 g/mol. The van der Waals surface area contributed by atoms with Crippen LogP contribution in [0.5, 0.6) is 0 Å². The summed E-state index contributed by atoms with van der Waals surface area (Å²) in [7, 11) is 2.00. The Morgan fingerprint density at radius 1 is 1.56 bits per heavy atom. The van der Waals surface area contributed by atoms with Crippen LogP contribution < -0.4 is 5.32 Å². The number of nitrogens with zero attached hydrogens (tertiary/aromatic N) is 2. The summed E-state index contributed by atoms with van der Waals surface area (Å²) >= 11 is 1.52. The normalized spacial score (nSPS) is 12.7. The summed E-state index contributed by atoms with van der Waals surface area (Å²) in [6.07, 6.45) is 4.27. The van der Waals surface area contributed by atoms with Crippen molar-refractivity contribution in [3.05, 3.63) is 22.7 Å². The molecule has 1 heterocycles. The summed E-state index contributed by atoms with van der Waals surface area (Å²) in [4.78, 5) is 1.30. The summed E-state index contributed by atoms with van der Waals surface area (Å²) in [6.45, 7) is 8.19. The minimum absolute atomic E-state index is 0.373. The van der Waals surface area contributed by atoms with E-state index in [1.54, 1.807) is 0 Å². The second-order valence-corrected chi connectivity index (χ2v) is 4.96. The molecule has 1 rings (SSSR count). The maximum absolute atomic E-state index is 4.21. The maximum Gasteiger partial charge on any atom is 0.0803 e. The maximum atomic E-state index is 4.21. The van der Waals surface area contributed by atoms with Gasteiger partial charge in [0.1, 0.15) is 0 Å². The van der Waals surface area contributed by atoms with Crippen LogP contribution in [0.15, 0.2) is 12.2 Å². The van der Waals surface area contributed by atoms with Gasteiger partial charge in [0, 0.05) is 6.04 Å². The highest BCUT2D eigenvalue weighted by molar-refractivity contribution is 7.05. The van der Waals surface area contributed by atoms with Gasteiger partial charge in [-0.3, -0.25) is 0 Å². The molecule has 0 amide bonds. The molecule has 0 spiro atoms. The van der Waals surface area contributed by atoms with E-state index in [9.17, 15) is 0 Å². The first-order valence-corrected chi connectivity index (χ1v) is 6.59. The minimum atomic E-state index is 0.373. The molecule has 0 aliphatic carbocycles. The van der Waals surface area contributed by atoms with Gasteiger partial charge < -0.3 is 5.32 Å². The number of allylic oxidation sites excluding steroid dienone is 1. The van der Waals surface area contributed by atoms with E-state index in [1.165, 1.54) is 22.0 Å². The molecule has 3 nitrogen and oxygen atoms in total. The first kappa shape index (κ1) is 13.3. The number of hydrogen-bond acceptors (Lipinski definition) is 4. The van der Waals surface area contributed by atoms with Gasteiger partial charge in [0.2, 0.25) is 0 Å². The highest BCUT2D eigenvalue weighted by Crippen LogP contribution is 2.26. The second-order valence-electron chi connectivity index (χ2n) is 4.17. The van der Waals surface area contributed by atoms with Crippen molar-refractivity contribution in [2.75, 3.05) is 7.05 Å². The molecule has 0 aromatic carbocycles. The van der Waals surface area contributed by atoms with Crippen LogP contribution in [0.1, 0.15) is 49.7 Å². The molecular formula is C12H21N3S. The molecule has 0 aliphatic heterocycles. The largest absolute Gasteiger partial charge is 0.312 e. The van der Waals surface area contributed by atoms with Crippen LogP contribution in [0.25, 0.3) is 0 Å². The van der Waals surface area contributed by atoms with Crippen LogP contribution in [-0.2, 0) is 6.42 Å². The molecule has 0 saturated carbocycles. The lowest BCUT2D eigenvalue weighted by atomic mass is 10.0. The SMILES string of the molecule is C=C(C)CCC(NC)c1snnc1CCC. The van der Waals surface area contributed by atoms with E-state index in [1.807, 2.05) is 7.05 Å². The fourth-order valence-electron chi connectivity index (χ4n) is 1.69. The lowest BCUT2D eigenvalue weighted by Gasteiger charge is -2.15. The van der Waals surface area contributed by atoms with Crippen LogP contribution in [-0.4, -0.2) is 16.6 Å². The fraction of sp³-hybridized carbons (Fsp3) is 0.667. The van der Waals surface area contributed by atoms with Gasteiger partial charge in [0.25, 0.3) is 0 Å². The highest BCUT2D eigenvalue weighted by atomic mass is 32.1. The van der Waals surface area contributed by atoms with E-state index in [2.05, 4.69) is 35.3 Å². The van der Waals surface area contributed by atoms with E-state index < -0.39 is 0 Å². The van der Waals surface area contributed by atoms with Crippen molar-refractivity contribution in [2.24, 2.45) is 0 Å². The van der Waals surface area contributed by atoms with Crippen molar-refractivity contribution in [3.8, 4) is 0 Å². The Bertz CT molecular complexity index is 333. The molecule has 1 N–H and O–H groups in total. The molecule has 1 aromatic heterocycles. The van der Waals surface area contributed by atoms with Gasteiger partial charge in [0.15, 0.2) is 0 Å². The monoisotopic (exact) mass is 239 g/mol. The Kier molecular flexibility index (Phi) is 5.63. The molecule has 1 unspecified atom stereocenters. The summed E-state index contributed by atoms with van der Waals surface area (Å²) in [6, 6.07) is 0.373. The van der Waals surface area contributed by atoms with E-state index in [4.69, 9.17) is 0 Å². The predicted molar refractivity (Wildman–Crippen MR) is 69.8 cm³/mol. The van der Waals surface area contributed by atoms with Crippen molar-refractivity contribution >= 4 is 11.5 Å². The fourth-order valence-corrected chi connectivity index (χ4v) is 2.53. The summed E-state index contributed by atoms with van der Waals surface area (Å²) in [5, 5.41) is 7.56. The van der Waals surface area contributed by atoms with Gasteiger partial charge in [0.05, 0.1) is 10.6 Å². The summed E-state index contributed by atoms with van der Waals surface area (Å²) in [5.41, 5.74) is 2.39. The third-order valence-electron chi connectivity index (χ3n) is 2.60. The molecule has 16 heavy (non-hydrogen) atoms. The van der Waals surface area contributed by atoms with E-state index in [0.717, 1.165) is 31.4 Å². The van der Waals surface area contributed by atoms with Crippen molar-refractivity contribution in [1.29, 1.82) is 0 Å². The molecule has 0 fully saturated rings. The lowest BCUT2D eigenvalue weighted by molar-refractivity contribution is 0.550. The van der Waals surface area contributed by atoms with Gasteiger partial charge in [-0.25, -0.2) is 0 Å². The smallest absolute Gasteiger partial charge is 0.0803 e. The third kappa shape index (κ3) is 3.68. The standard InChI is InChI=1S/C12H21N3S/c1-5-6-11-12(16-15-14-11)10(13-4)8-7-9(2)3/h10,13H,2,5-8H2,1,3-4H3. The Balaban J connectivity index is 2.69. The third-order valence-corrected chi connectivity index (χ3v) is 3.48. The Hall–Kier alpha value is -0.740. The second kappa shape index (κ2) is 6.76. The molecule has 0 radical (unpaired) electrons. The van der Waals surface area contributed by atoms with Crippen molar-refractivity contribution in [2.45, 2.75) is 45.6 Å². The van der Waals surface area contributed by atoms with Crippen LogP contribution in [0.4, 0.5) is 0 Å². The highest BCUT2D eigenvalue weighted by Gasteiger charge is 2.16. The summed E-state index contributed by atoms with van der Waals surface area (Å²) in [5.74, 6) is 0. The quantitative estimate of drug-likeness (QED) is 0.743. The molecular weight excluding hydrogens is 218 g/mol.